The van der Waals surface area contributed by atoms with Crippen molar-refractivity contribution in [3.05, 3.63) is 35.6 Å². The Labute approximate surface area is 128 Å². The molecule has 1 aromatic rings. The lowest BCUT2D eigenvalue weighted by atomic mass is 10.2. The quantitative estimate of drug-likeness (QED) is 0.898. The molecule has 4 nitrogen and oxygen atoms in total. The van der Waals surface area contributed by atoms with E-state index in [1.54, 1.807) is 17.0 Å². The summed E-state index contributed by atoms with van der Waals surface area (Å²) in [4.78, 5) is 13.9. The van der Waals surface area contributed by atoms with Crippen LogP contribution in [0.3, 0.4) is 0 Å². The first-order valence-corrected chi connectivity index (χ1v) is 8.10. The van der Waals surface area contributed by atoms with Crippen molar-refractivity contribution >= 4 is 17.7 Å². The number of hydrogen-bond acceptors (Lipinski definition) is 4. The lowest BCUT2D eigenvalue weighted by Crippen LogP contribution is -2.50. The largest absolute Gasteiger partial charge is 0.394 e. The fourth-order valence-corrected chi connectivity index (χ4v) is 3.17. The van der Waals surface area contributed by atoms with Gasteiger partial charge in [-0.2, -0.15) is 0 Å². The summed E-state index contributed by atoms with van der Waals surface area (Å²) < 4.78 is 18.3. The van der Waals surface area contributed by atoms with Crippen LogP contribution in [0.5, 0.6) is 0 Å². The minimum absolute atomic E-state index is 0.0516. The van der Waals surface area contributed by atoms with Gasteiger partial charge in [0.1, 0.15) is 5.82 Å². The normalized spacial score (nSPS) is 22.3. The number of benzene rings is 1. The molecule has 1 heterocycles. The Morgan fingerprint density at radius 1 is 1.43 bits per heavy atom. The number of carbonyl (C=O) groups excluding carboxylic acids is 1. The van der Waals surface area contributed by atoms with Crippen LogP contribution in [-0.2, 0) is 15.3 Å². The Hall–Kier alpha value is -1.11. The summed E-state index contributed by atoms with van der Waals surface area (Å²) in [5.74, 6) is 0.852. The molecule has 21 heavy (non-hydrogen) atoms. The molecule has 1 aromatic carbocycles. The average Bonchev–Trinajstić information content (AvgIpc) is 2.48. The van der Waals surface area contributed by atoms with E-state index in [2.05, 4.69) is 0 Å². The van der Waals surface area contributed by atoms with E-state index in [0.29, 0.717) is 24.6 Å². The molecular weight excluding hydrogens is 293 g/mol. The van der Waals surface area contributed by atoms with Gasteiger partial charge in [0.05, 0.1) is 24.6 Å². The molecule has 0 bridgehead atoms. The number of morpholine rings is 1. The summed E-state index contributed by atoms with van der Waals surface area (Å²) in [5.41, 5.74) is 0.998. The van der Waals surface area contributed by atoms with Crippen molar-refractivity contribution in [2.75, 3.05) is 25.4 Å². The zero-order chi connectivity index (χ0) is 15.2. The third-order valence-corrected chi connectivity index (χ3v) is 4.28. The molecule has 2 rings (SSSR count). The first-order valence-electron chi connectivity index (χ1n) is 6.94. The number of ether oxygens (including phenoxy) is 1. The number of nitrogens with zero attached hydrogens (tertiary/aromatic N) is 1. The number of aliphatic hydroxyl groups excluding tert-OH is 1. The highest BCUT2D eigenvalue weighted by Gasteiger charge is 2.27. The molecule has 2 atom stereocenters. The summed E-state index contributed by atoms with van der Waals surface area (Å²) in [6.45, 7) is 2.83. The highest BCUT2D eigenvalue weighted by atomic mass is 32.2. The highest BCUT2D eigenvalue weighted by Crippen LogP contribution is 2.16. The Morgan fingerprint density at radius 3 is 2.81 bits per heavy atom. The molecule has 6 heteroatoms. The second-order valence-electron chi connectivity index (χ2n) is 5.17. The standard InChI is InChI=1S/C15H20FNO3S/c1-11-6-17(7-14(8-18)20-11)15(19)10-21-9-12-2-4-13(16)5-3-12/h2-5,11,14,18H,6-10H2,1H3. The number of amides is 1. The third-order valence-electron chi connectivity index (χ3n) is 3.29. The lowest BCUT2D eigenvalue weighted by molar-refractivity contribution is -0.144. The van der Waals surface area contributed by atoms with Gasteiger partial charge in [-0.05, 0) is 24.6 Å². The van der Waals surface area contributed by atoms with Gasteiger partial charge < -0.3 is 14.7 Å². The summed E-state index contributed by atoms with van der Waals surface area (Å²) in [7, 11) is 0. The zero-order valence-electron chi connectivity index (χ0n) is 12.0. The fourth-order valence-electron chi connectivity index (χ4n) is 2.28. The number of aliphatic hydroxyl groups is 1. The number of rotatable bonds is 5. The van der Waals surface area contributed by atoms with Gasteiger partial charge in [-0.1, -0.05) is 12.1 Å². The van der Waals surface area contributed by atoms with Crippen LogP contribution >= 0.6 is 11.8 Å². The minimum atomic E-state index is -0.292. The van der Waals surface area contributed by atoms with Gasteiger partial charge in [-0.15, -0.1) is 11.8 Å². The molecule has 1 amide bonds. The molecular formula is C15H20FNO3S. The van der Waals surface area contributed by atoms with Crippen LogP contribution in [0.15, 0.2) is 24.3 Å². The molecule has 2 unspecified atom stereocenters. The fraction of sp³-hybridized carbons (Fsp3) is 0.533. The molecule has 0 spiro atoms. The Kier molecular flexibility index (Phi) is 6.02. The second kappa shape index (κ2) is 7.77. The topological polar surface area (TPSA) is 49.8 Å². The maximum Gasteiger partial charge on any atom is 0.232 e. The predicted octanol–water partition coefficient (Wildman–Crippen LogP) is 1.67. The number of thioether (sulfide) groups is 1. The molecule has 0 radical (unpaired) electrons. The summed E-state index contributed by atoms with van der Waals surface area (Å²) in [6, 6.07) is 6.30. The van der Waals surface area contributed by atoms with E-state index in [0.717, 1.165) is 5.56 Å². The van der Waals surface area contributed by atoms with E-state index in [-0.39, 0.29) is 30.5 Å². The van der Waals surface area contributed by atoms with E-state index < -0.39 is 0 Å². The zero-order valence-corrected chi connectivity index (χ0v) is 12.8. The van der Waals surface area contributed by atoms with Crippen molar-refractivity contribution in [1.82, 2.24) is 4.90 Å². The van der Waals surface area contributed by atoms with Crippen molar-refractivity contribution in [1.29, 1.82) is 0 Å². The van der Waals surface area contributed by atoms with Crippen molar-refractivity contribution in [2.24, 2.45) is 0 Å². The Bertz CT molecular complexity index is 468. The molecule has 0 saturated carbocycles. The first-order chi connectivity index (χ1) is 10.1. The Morgan fingerprint density at radius 2 is 2.14 bits per heavy atom. The summed E-state index contributed by atoms with van der Waals surface area (Å²) in [5, 5.41) is 9.16. The molecule has 1 saturated heterocycles. The van der Waals surface area contributed by atoms with Crippen LogP contribution in [0.1, 0.15) is 12.5 Å². The van der Waals surface area contributed by atoms with Crippen LogP contribution in [0.25, 0.3) is 0 Å². The van der Waals surface area contributed by atoms with E-state index in [9.17, 15) is 9.18 Å². The van der Waals surface area contributed by atoms with Crippen molar-refractivity contribution in [2.45, 2.75) is 24.9 Å². The van der Waals surface area contributed by atoms with Crippen molar-refractivity contribution in [3.63, 3.8) is 0 Å². The molecule has 0 aromatic heterocycles. The molecule has 116 valence electrons. The molecule has 1 aliphatic heterocycles. The maximum atomic E-state index is 12.8. The number of halogens is 1. The van der Waals surface area contributed by atoms with Gasteiger partial charge in [0, 0.05) is 18.8 Å². The van der Waals surface area contributed by atoms with E-state index in [4.69, 9.17) is 9.84 Å². The summed E-state index contributed by atoms with van der Waals surface area (Å²) >= 11 is 1.51. The number of hydrogen-bond donors (Lipinski definition) is 1. The van der Waals surface area contributed by atoms with Gasteiger partial charge >= 0.3 is 0 Å². The second-order valence-corrected chi connectivity index (χ2v) is 6.15. The van der Waals surface area contributed by atoms with Crippen LogP contribution in [0.4, 0.5) is 4.39 Å². The highest BCUT2D eigenvalue weighted by molar-refractivity contribution is 7.99. The van der Waals surface area contributed by atoms with Gasteiger partial charge in [0.25, 0.3) is 0 Å². The first kappa shape index (κ1) is 16.3. The van der Waals surface area contributed by atoms with Crippen LogP contribution < -0.4 is 0 Å². The van der Waals surface area contributed by atoms with Crippen molar-refractivity contribution in [3.8, 4) is 0 Å². The van der Waals surface area contributed by atoms with Gasteiger partial charge in [0.15, 0.2) is 0 Å². The SMILES string of the molecule is CC1CN(C(=O)CSCc2ccc(F)cc2)CC(CO)O1. The maximum absolute atomic E-state index is 12.8. The van der Waals surface area contributed by atoms with E-state index >= 15 is 0 Å². The molecule has 0 aliphatic carbocycles. The van der Waals surface area contributed by atoms with E-state index in [1.165, 1.54) is 23.9 Å². The van der Waals surface area contributed by atoms with Crippen LogP contribution in [0, 0.1) is 5.82 Å². The molecule has 1 N–H and O–H groups in total. The van der Waals surface area contributed by atoms with Crippen LogP contribution in [-0.4, -0.2) is 53.6 Å². The van der Waals surface area contributed by atoms with E-state index in [1.807, 2.05) is 6.92 Å². The molecule has 1 aliphatic rings. The van der Waals surface area contributed by atoms with Gasteiger partial charge in [-0.25, -0.2) is 4.39 Å². The number of carbonyl (C=O) groups is 1. The van der Waals surface area contributed by atoms with Crippen molar-refractivity contribution < 1.29 is 19.0 Å². The third kappa shape index (κ3) is 4.98. The van der Waals surface area contributed by atoms with Gasteiger partial charge in [0.2, 0.25) is 5.91 Å². The minimum Gasteiger partial charge on any atom is -0.394 e. The van der Waals surface area contributed by atoms with Gasteiger partial charge in [-0.3, -0.25) is 4.79 Å². The summed E-state index contributed by atoms with van der Waals surface area (Å²) in [6.07, 6.45) is -0.346. The van der Waals surface area contributed by atoms with Crippen LogP contribution in [0.2, 0.25) is 0 Å². The lowest BCUT2D eigenvalue weighted by Gasteiger charge is -2.36. The smallest absolute Gasteiger partial charge is 0.232 e. The Balaban J connectivity index is 1.77. The predicted molar refractivity (Wildman–Crippen MR) is 80.6 cm³/mol. The monoisotopic (exact) mass is 313 g/mol. The molecule has 1 fully saturated rings. The average molecular weight is 313 g/mol.